The zero-order chi connectivity index (χ0) is 12.1. The monoisotopic (exact) mass is 227 g/mol. The predicted molar refractivity (Wildman–Crippen MR) is 69.3 cm³/mol. The molecule has 0 bridgehead atoms. The van der Waals surface area contributed by atoms with E-state index in [4.69, 9.17) is 5.73 Å². The molecule has 1 unspecified atom stereocenters. The van der Waals surface area contributed by atoms with E-state index in [0.717, 1.165) is 25.7 Å². The van der Waals surface area contributed by atoms with Crippen LogP contribution in [-0.4, -0.2) is 17.3 Å². The van der Waals surface area contributed by atoms with Gasteiger partial charge in [0.05, 0.1) is 5.60 Å². The van der Waals surface area contributed by atoms with Crippen molar-refractivity contribution in [3.63, 3.8) is 0 Å². The SMILES string of the molecule is CCCC(C)(O)C1(CN)CCCCCCC1. The van der Waals surface area contributed by atoms with Crippen molar-refractivity contribution in [3.05, 3.63) is 0 Å². The molecule has 3 N–H and O–H groups in total. The Labute approximate surface area is 101 Å². The molecular formula is C14H29NO. The highest BCUT2D eigenvalue weighted by Crippen LogP contribution is 2.44. The van der Waals surface area contributed by atoms with Crippen molar-refractivity contribution in [1.82, 2.24) is 0 Å². The normalized spacial score (nSPS) is 25.5. The summed E-state index contributed by atoms with van der Waals surface area (Å²) in [5.74, 6) is 0. The van der Waals surface area contributed by atoms with E-state index in [-0.39, 0.29) is 5.41 Å². The number of rotatable bonds is 4. The summed E-state index contributed by atoms with van der Waals surface area (Å²) in [4.78, 5) is 0. The van der Waals surface area contributed by atoms with Crippen molar-refractivity contribution < 1.29 is 5.11 Å². The highest BCUT2D eigenvalue weighted by molar-refractivity contribution is 4.97. The Morgan fingerprint density at radius 3 is 2.06 bits per heavy atom. The first-order valence-corrected chi connectivity index (χ1v) is 7.00. The lowest BCUT2D eigenvalue weighted by Gasteiger charge is -2.46. The number of nitrogens with two attached hydrogens (primary N) is 1. The number of hydrogen-bond donors (Lipinski definition) is 2. The van der Waals surface area contributed by atoms with Gasteiger partial charge in [-0.15, -0.1) is 0 Å². The van der Waals surface area contributed by atoms with Crippen LogP contribution in [0.4, 0.5) is 0 Å². The van der Waals surface area contributed by atoms with Gasteiger partial charge in [0.1, 0.15) is 0 Å². The highest BCUT2D eigenvalue weighted by atomic mass is 16.3. The molecule has 0 aliphatic heterocycles. The first-order valence-electron chi connectivity index (χ1n) is 7.00. The zero-order valence-corrected chi connectivity index (χ0v) is 11.1. The van der Waals surface area contributed by atoms with Crippen LogP contribution in [0.25, 0.3) is 0 Å². The summed E-state index contributed by atoms with van der Waals surface area (Å²) in [6, 6.07) is 0. The average molecular weight is 227 g/mol. The molecule has 1 saturated carbocycles. The second-order valence-corrected chi connectivity index (χ2v) is 5.78. The topological polar surface area (TPSA) is 46.2 Å². The molecule has 0 aromatic heterocycles. The van der Waals surface area contributed by atoms with E-state index in [1.165, 1.54) is 32.1 Å². The van der Waals surface area contributed by atoms with Crippen LogP contribution in [0.1, 0.15) is 71.6 Å². The average Bonchev–Trinajstić information content (AvgIpc) is 2.17. The standard InChI is InChI=1S/C14H29NO/c1-3-9-13(2,16)14(12-15)10-7-5-4-6-8-11-14/h16H,3-12,15H2,1-2H3. The van der Waals surface area contributed by atoms with Crippen LogP contribution in [0.2, 0.25) is 0 Å². The fourth-order valence-electron chi connectivity index (χ4n) is 3.30. The molecule has 0 saturated heterocycles. The van der Waals surface area contributed by atoms with E-state index >= 15 is 0 Å². The molecule has 1 fully saturated rings. The van der Waals surface area contributed by atoms with E-state index in [2.05, 4.69) is 6.92 Å². The molecule has 0 heterocycles. The van der Waals surface area contributed by atoms with Crippen LogP contribution in [0.5, 0.6) is 0 Å². The smallest absolute Gasteiger partial charge is 0.0687 e. The molecule has 2 heteroatoms. The Hall–Kier alpha value is -0.0800. The molecule has 1 aliphatic carbocycles. The van der Waals surface area contributed by atoms with Crippen molar-refractivity contribution in [3.8, 4) is 0 Å². The third kappa shape index (κ3) is 2.98. The summed E-state index contributed by atoms with van der Waals surface area (Å²) in [5, 5.41) is 10.7. The lowest BCUT2D eigenvalue weighted by Crippen LogP contribution is -2.51. The summed E-state index contributed by atoms with van der Waals surface area (Å²) in [5.41, 5.74) is 5.42. The maximum atomic E-state index is 10.7. The van der Waals surface area contributed by atoms with Crippen LogP contribution < -0.4 is 5.73 Å². The van der Waals surface area contributed by atoms with Crippen molar-refractivity contribution in [2.45, 2.75) is 77.2 Å². The van der Waals surface area contributed by atoms with Crippen molar-refractivity contribution >= 4 is 0 Å². The van der Waals surface area contributed by atoms with E-state index in [1.807, 2.05) is 6.92 Å². The molecule has 1 rings (SSSR count). The van der Waals surface area contributed by atoms with Gasteiger partial charge in [-0.1, -0.05) is 45.4 Å². The number of hydrogen-bond acceptors (Lipinski definition) is 2. The molecule has 16 heavy (non-hydrogen) atoms. The van der Waals surface area contributed by atoms with Crippen LogP contribution in [0.3, 0.4) is 0 Å². The van der Waals surface area contributed by atoms with Crippen LogP contribution in [0.15, 0.2) is 0 Å². The zero-order valence-electron chi connectivity index (χ0n) is 11.1. The Kier molecular flexibility index (Phi) is 5.26. The Bertz CT molecular complexity index is 193. The Morgan fingerprint density at radius 2 is 1.62 bits per heavy atom. The van der Waals surface area contributed by atoms with Gasteiger partial charge < -0.3 is 10.8 Å². The third-order valence-corrected chi connectivity index (χ3v) is 4.58. The molecule has 0 aromatic rings. The lowest BCUT2D eigenvalue weighted by atomic mass is 9.64. The fourth-order valence-corrected chi connectivity index (χ4v) is 3.30. The fraction of sp³-hybridized carbons (Fsp3) is 1.00. The van der Waals surface area contributed by atoms with Crippen molar-refractivity contribution in [2.24, 2.45) is 11.1 Å². The minimum atomic E-state index is -0.576. The van der Waals surface area contributed by atoms with Gasteiger partial charge >= 0.3 is 0 Å². The van der Waals surface area contributed by atoms with Gasteiger partial charge in [-0.2, -0.15) is 0 Å². The maximum absolute atomic E-state index is 10.7. The molecule has 1 aliphatic rings. The highest BCUT2D eigenvalue weighted by Gasteiger charge is 2.44. The second-order valence-electron chi connectivity index (χ2n) is 5.78. The van der Waals surface area contributed by atoms with E-state index in [0.29, 0.717) is 6.54 Å². The molecule has 0 spiro atoms. The van der Waals surface area contributed by atoms with Gasteiger partial charge in [-0.25, -0.2) is 0 Å². The molecule has 96 valence electrons. The Balaban J connectivity index is 2.78. The summed E-state index contributed by atoms with van der Waals surface area (Å²) in [7, 11) is 0. The van der Waals surface area contributed by atoms with E-state index in [1.54, 1.807) is 0 Å². The first-order chi connectivity index (χ1) is 7.58. The molecule has 1 atom stereocenters. The number of aliphatic hydroxyl groups is 1. The maximum Gasteiger partial charge on any atom is 0.0687 e. The van der Waals surface area contributed by atoms with Gasteiger partial charge in [0.2, 0.25) is 0 Å². The quantitative estimate of drug-likeness (QED) is 0.774. The van der Waals surface area contributed by atoms with Crippen LogP contribution in [-0.2, 0) is 0 Å². The largest absolute Gasteiger partial charge is 0.390 e. The van der Waals surface area contributed by atoms with E-state index in [9.17, 15) is 5.11 Å². The third-order valence-electron chi connectivity index (χ3n) is 4.58. The molecule has 0 radical (unpaired) electrons. The molecule has 0 aromatic carbocycles. The predicted octanol–water partition coefficient (Wildman–Crippen LogP) is 3.23. The van der Waals surface area contributed by atoms with Crippen LogP contribution in [0, 0.1) is 5.41 Å². The van der Waals surface area contributed by atoms with Gasteiger partial charge in [-0.05, 0) is 26.2 Å². The van der Waals surface area contributed by atoms with Crippen LogP contribution >= 0.6 is 0 Å². The van der Waals surface area contributed by atoms with Gasteiger partial charge in [-0.3, -0.25) is 0 Å². The van der Waals surface area contributed by atoms with E-state index < -0.39 is 5.60 Å². The molecule has 0 amide bonds. The van der Waals surface area contributed by atoms with Crippen molar-refractivity contribution in [2.75, 3.05) is 6.54 Å². The summed E-state index contributed by atoms with van der Waals surface area (Å²) in [6.45, 7) is 4.78. The van der Waals surface area contributed by atoms with Gasteiger partial charge in [0, 0.05) is 12.0 Å². The first kappa shape index (κ1) is 14.0. The van der Waals surface area contributed by atoms with Gasteiger partial charge in [0.15, 0.2) is 0 Å². The Morgan fingerprint density at radius 1 is 1.12 bits per heavy atom. The van der Waals surface area contributed by atoms with Gasteiger partial charge in [0.25, 0.3) is 0 Å². The molecule has 2 nitrogen and oxygen atoms in total. The van der Waals surface area contributed by atoms with Crippen molar-refractivity contribution in [1.29, 1.82) is 0 Å². The summed E-state index contributed by atoms with van der Waals surface area (Å²) < 4.78 is 0. The lowest BCUT2D eigenvalue weighted by molar-refractivity contribution is -0.0860. The summed E-state index contributed by atoms with van der Waals surface area (Å²) >= 11 is 0. The minimum Gasteiger partial charge on any atom is -0.390 e. The minimum absolute atomic E-state index is 0.0244. The second kappa shape index (κ2) is 6.02. The summed E-state index contributed by atoms with van der Waals surface area (Å²) in [6.07, 6.45) is 10.6. The molecular weight excluding hydrogens is 198 g/mol.